The van der Waals surface area contributed by atoms with Gasteiger partial charge in [0.1, 0.15) is 11.5 Å². The fourth-order valence-electron chi connectivity index (χ4n) is 2.31. The van der Waals surface area contributed by atoms with Gasteiger partial charge in [-0.2, -0.15) is 0 Å². The zero-order valence-electron chi connectivity index (χ0n) is 11.9. The third-order valence-corrected chi connectivity index (χ3v) is 4.40. The fraction of sp³-hybridized carbons (Fsp3) is 0.0556. The second-order valence-corrected chi connectivity index (χ2v) is 5.96. The number of phenolic OH excluding ortho intramolecular Hbond substituents is 2. The standard InChI is InChI=1S/C18H14O3S/c1-11-9-12(5-6-16(11)20)15-7-8-22-18(15)17(21)13-3-2-4-14(19)10-13/h2-10,19-20H,1H3. The van der Waals surface area contributed by atoms with Crippen LogP contribution in [0.25, 0.3) is 11.1 Å². The smallest absolute Gasteiger partial charge is 0.203 e. The summed E-state index contributed by atoms with van der Waals surface area (Å²) < 4.78 is 0. The maximum atomic E-state index is 12.7. The zero-order valence-corrected chi connectivity index (χ0v) is 12.7. The number of phenols is 2. The Hall–Kier alpha value is -2.59. The molecular weight excluding hydrogens is 296 g/mol. The number of hydrogen-bond donors (Lipinski definition) is 2. The summed E-state index contributed by atoms with van der Waals surface area (Å²) in [6.07, 6.45) is 0. The van der Waals surface area contributed by atoms with E-state index in [4.69, 9.17) is 0 Å². The van der Waals surface area contributed by atoms with Crippen LogP contribution < -0.4 is 0 Å². The summed E-state index contributed by atoms with van der Waals surface area (Å²) >= 11 is 1.37. The number of thiophene rings is 1. The molecule has 0 unspecified atom stereocenters. The molecule has 2 aromatic carbocycles. The summed E-state index contributed by atoms with van der Waals surface area (Å²) in [7, 11) is 0. The van der Waals surface area contributed by atoms with Gasteiger partial charge in [-0.1, -0.05) is 18.2 Å². The predicted octanol–water partition coefficient (Wildman–Crippen LogP) is 4.37. The normalized spacial score (nSPS) is 10.6. The Morgan fingerprint density at radius 2 is 1.86 bits per heavy atom. The highest BCUT2D eigenvalue weighted by atomic mass is 32.1. The summed E-state index contributed by atoms with van der Waals surface area (Å²) in [5, 5.41) is 21.0. The summed E-state index contributed by atoms with van der Waals surface area (Å²) in [5.41, 5.74) is 2.94. The van der Waals surface area contributed by atoms with Gasteiger partial charge in [0.15, 0.2) is 0 Å². The minimum absolute atomic E-state index is 0.0735. The number of rotatable bonds is 3. The average Bonchev–Trinajstić information content (AvgIpc) is 2.98. The number of benzene rings is 2. The van der Waals surface area contributed by atoms with Crippen molar-refractivity contribution >= 4 is 17.1 Å². The molecule has 0 saturated carbocycles. The largest absolute Gasteiger partial charge is 0.508 e. The van der Waals surface area contributed by atoms with Crippen molar-refractivity contribution in [3.05, 3.63) is 69.9 Å². The number of ketones is 1. The first-order valence-corrected chi connectivity index (χ1v) is 7.65. The van der Waals surface area contributed by atoms with E-state index in [0.29, 0.717) is 10.4 Å². The number of aromatic hydroxyl groups is 2. The van der Waals surface area contributed by atoms with E-state index in [1.54, 1.807) is 24.3 Å². The minimum atomic E-state index is -0.119. The van der Waals surface area contributed by atoms with Gasteiger partial charge in [0.2, 0.25) is 5.78 Å². The van der Waals surface area contributed by atoms with E-state index in [1.165, 1.54) is 23.5 Å². The molecule has 3 aromatic rings. The van der Waals surface area contributed by atoms with Crippen molar-refractivity contribution in [3.63, 3.8) is 0 Å². The molecule has 2 N–H and O–H groups in total. The van der Waals surface area contributed by atoms with Crippen LogP contribution in [0.15, 0.2) is 53.9 Å². The van der Waals surface area contributed by atoms with Crippen molar-refractivity contribution < 1.29 is 15.0 Å². The second kappa shape index (κ2) is 5.66. The third kappa shape index (κ3) is 2.61. The molecule has 0 aliphatic rings. The van der Waals surface area contributed by atoms with Crippen molar-refractivity contribution in [1.82, 2.24) is 0 Å². The molecule has 0 saturated heterocycles. The lowest BCUT2D eigenvalue weighted by Crippen LogP contribution is -2.00. The lowest BCUT2D eigenvalue weighted by atomic mass is 10.00. The van der Waals surface area contributed by atoms with E-state index in [9.17, 15) is 15.0 Å². The molecule has 3 rings (SSSR count). The van der Waals surface area contributed by atoms with Crippen LogP contribution in [0, 0.1) is 6.92 Å². The van der Waals surface area contributed by atoms with Gasteiger partial charge >= 0.3 is 0 Å². The molecule has 22 heavy (non-hydrogen) atoms. The van der Waals surface area contributed by atoms with Crippen LogP contribution in [-0.2, 0) is 0 Å². The van der Waals surface area contributed by atoms with Crippen molar-refractivity contribution in [2.75, 3.05) is 0 Å². The van der Waals surface area contributed by atoms with E-state index in [-0.39, 0.29) is 17.3 Å². The zero-order chi connectivity index (χ0) is 15.7. The van der Waals surface area contributed by atoms with E-state index in [1.807, 2.05) is 24.4 Å². The highest BCUT2D eigenvalue weighted by molar-refractivity contribution is 7.12. The second-order valence-electron chi connectivity index (χ2n) is 5.04. The van der Waals surface area contributed by atoms with Gasteiger partial charge in [0.25, 0.3) is 0 Å². The molecule has 1 aromatic heterocycles. The lowest BCUT2D eigenvalue weighted by molar-refractivity contribution is 0.104. The quantitative estimate of drug-likeness (QED) is 0.706. The van der Waals surface area contributed by atoms with Crippen molar-refractivity contribution in [3.8, 4) is 22.6 Å². The Kier molecular flexibility index (Phi) is 3.69. The maximum Gasteiger partial charge on any atom is 0.203 e. The average molecular weight is 310 g/mol. The molecule has 3 nitrogen and oxygen atoms in total. The highest BCUT2D eigenvalue weighted by Crippen LogP contribution is 2.33. The molecule has 0 aliphatic carbocycles. The van der Waals surface area contributed by atoms with E-state index >= 15 is 0 Å². The number of carbonyl (C=O) groups excluding carboxylic acids is 1. The van der Waals surface area contributed by atoms with Crippen molar-refractivity contribution in [1.29, 1.82) is 0 Å². The van der Waals surface area contributed by atoms with Gasteiger partial charge < -0.3 is 10.2 Å². The van der Waals surface area contributed by atoms with E-state index < -0.39 is 0 Å². The molecule has 0 spiro atoms. The summed E-state index contributed by atoms with van der Waals surface area (Å²) in [6, 6.07) is 13.5. The van der Waals surface area contributed by atoms with Crippen LogP contribution in [0.3, 0.4) is 0 Å². The van der Waals surface area contributed by atoms with Crippen molar-refractivity contribution in [2.45, 2.75) is 6.92 Å². The number of carbonyl (C=O) groups is 1. The Balaban J connectivity index is 2.05. The first-order valence-electron chi connectivity index (χ1n) is 6.77. The summed E-state index contributed by atoms with van der Waals surface area (Å²) in [6.45, 7) is 1.82. The Morgan fingerprint density at radius 3 is 2.59 bits per heavy atom. The van der Waals surface area contributed by atoms with Crippen LogP contribution in [0.2, 0.25) is 0 Å². The summed E-state index contributed by atoms with van der Waals surface area (Å²) in [4.78, 5) is 13.3. The molecule has 1 heterocycles. The Labute approximate surface area is 132 Å². The third-order valence-electron chi connectivity index (χ3n) is 3.49. The molecule has 4 heteroatoms. The lowest BCUT2D eigenvalue weighted by Gasteiger charge is -2.06. The molecule has 0 bridgehead atoms. The molecular formula is C18H14O3S. The molecule has 110 valence electrons. The Morgan fingerprint density at radius 1 is 1.05 bits per heavy atom. The van der Waals surface area contributed by atoms with Crippen LogP contribution in [-0.4, -0.2) is 16.0 Å². The van der Waals surface area contributed by atoms with Crippen molar-refractivity contribution in [2.24, 2.45) is 0 Å². The van der Waals surface area contributed by atoms with Gasteiger partial charge in [-0.15, -0.1) is 11.3 Å². The van der Waals surface area contributed by atoms with Gasteiger partial charge in [-0.3, -0.25) is 4.79 Å². The van der Waals surface area contributed by atoms with Crippen LogP contribution in [0.5, 0.6) is 11.5 Å². The molecule has 0 amide bonds. The van der Waals surface area contributed by atoms with E-state index in [2.05, 4.69) is 0 Å². The topological polar surface area (TPSA) is 57.5 Å². The van der Waals surface area contributed by atoms with Crippen LogP contribution >= 0.6 is 11.3 Å². The monoisotopic (exact) mass is 310 g/mol. The fourth-order valence-corrected chi connectivity index (χ4v) is 3.19. The van der Waals surface area contributed by atoms with Gasteiger partial charge in [0, 0.05) is 11.1 Å². The van der Waals surface area contributed by atoms with Gasteiger partial charge in [-0.25, -0.2) is 0 Å². The predicted molar refractivity (Wildman–Crippen MR) is 87.7 cm³/mol. The SMILES string of the molecule is Cc1cc(-c2ccsc2C(=O)c2cccc(O)c2)ccc1O. The van der Waals surface area contributed by atoms with Crippen LogP contribution in [0.4, 0.5) is 0 Å². The summed E-state index contributed by atoms with van der Waals surface area (Å²) in [5.74, 6) is 0.191. The Bertz CT molecular complexity index is 849. The van der Waals surface area contributed by atoms with Gasteiger partial charge in [0.05, 0.1) is 4.88 Å². The maximum absolute atomic E-state index is 12.7. The molecule has 0 radical (unpaired) electrons. The molecule has 0 aliphatic heterocycles. The number of aryl methyl sites for hydroxylation is 1. The minimum Gasteiger partial charge on any atom is -0.508 e. The first kappa shape index (κ1) is 14.4. The first-order chi connectivity index (χ1) is 10.6. The van der Waals surface area contributed by atoms with Gasteiger partial charge in [-0.05, 0) is 53.8 Å². The highest BCUT2D eigenvalue weighted by Gasteiger charge is 2.17. The van der Waals surface area contributed by atoms with Crippen LogP contribution in [0.1, 0.15) is 20.8 Å². The molecule has 0 fully saturated rings. The number of hydrogen-bond acceptors (Lipinski definition) is 4. The molecule has 0 atom stereocenters. The van der Waals surface area contributed by atoms with E-state index in [0.717, 1.165) is 16.7 Å².